The second kappa shape index (κ2) is 9.45. The van der Waals surface area contributed by atoms with E-state index in [1.807, 2.05) is 0 Å². The van der Waals surface area contributed by atoms with Crippen LogP contribution in [0, 0.1) is 6.92 Å². The van der Waals surface area contributed by atoms with E-state index in [0.29, 0.717) is 6.54 Å². The van der Waals surface area contributed by atoms with Gasteiger partial charge in [-0.25, -0.2) is 18.1 Å². The minimum Gasteiger partial charge on any atom is -0.385 e. The Morgan fingerprint density at radius 2 is 1.67 bits per heavy atom. The number of unbranched alkanes of at least 4 members (excludes halogenated alkanes) is 2. The minimum atomic E-state index is -3.24. The quantitative estimate of drug-likeness (QED) is 0.422. The van der Waals surface area contributed by atoms with E-state index in [2.05, 4.69) is 59.4 Å². The van der Waals surface area contributed by atoms with Gasteiger partial charge in [0.15, 0.2) is 0 Å². The monoisotopic (exact) mass is 445 g/mol. The van der Waals surface area contributed by atoms with Gasteiger partial charge in [0.1, 0.15) is 5.01 Å². The molecule has 1 heterocycles. The standard InChI is InChI=1S/C23H31N3O2S2/c1-17-8-13-20-21(16-17)29-22(26-20)18-9-11-19(12-10-18)24-14-6-5-7-15-25-30(27,28)23(2,3)4/h8-13,16,24-25H,5-7,14-15H2,1-4H3. The van der Waals surface area contributed by atoms with E-state index in [9.17, 15) is 8.42 Å². The molecule has 162 valence electrons. The Hall–Kier alpha value is -1.96. The van der Waals surface area contributed by atoms with Crippen molar-refractivity contribution in [3.8, 4) is 10.6 Å². The molecule has 0 aliphatic rings. The highest BCUT2D eigenvalue weighted by atomic mass is 32.2. The fourth-order valence-electron chi connectivity index (χ4n) is 2.97. The number of sulfonamides is 1. The van der Waals surface area contributed by atoms with E-state index >= 15 is 0 Å². The first-order valence-electron chi connectivity index (χ1n) is 10.4. The average molecular weight is 446 g/mol. The lowest BCUT2D eigenvalue weighted by atomic mass is 10.2. The van der Waals surface area contributed by atoms with E-state index in [-0.39, 0.29) is 0 Å². The first kappa shape index (κ1) is 22.7. The van der Waals surface area contributed by atoms with Gasteiger partial charge in [0.25, 0.3) is 0 Å². The van der Waals surface area contributed by atoms with Crippen molar-refractivity contribution in [3.05, 3.63) is 48.0 Å². The number of hydrogen-bond acceptors (Lipinski definition) is 5. The average Bonchev–Trinajstić information content (AvgIpc) is 3.10. The van der Waals surface area contributed by atoms with Crippen LogP contribution in [0.15, 0.2) is 42.5 Å². The highest BCUT2D eigenvalue weighted by Crippen LogP contribution is 2.31. The van der Waals surface area contributed by atoms with Gasteiger partial charge in [0.2, 0.25) is 10.0 Å². The summed E-state index contributed by atoms with van der Waals surface area (Å²) in [7, 11) is -3.24. The van der Waals surface area contributed by atoms with Crippen molar-refractivity contribution in [1.82, 2.24) is 9.71 Å². The second-order valence-electron chi connectivity index (χ2n) is 8.57. The molecule has 0 fully saturated rings. The summed E-state index contributed by atoms with van der Waals surface area (Å²) in [5.74, 6) is 0. The zero-order valence-electron chi connectivity index (χ0n) is 18.2. The van der Waals surface area contributed by atoms with Crippen LogP contribution in [0.1, 0.15) is 45.6 Å². The molecule has 1 aromatic heterocycles. The number of anilines is 1. The predicted octanol–water partition coefficient (Wildman–Crippen LogP) is 5.57. The smallest absolute Gasteiger partial charge is 0.216 e. The summed E-state index contributed by atoms with van der Waals surface area (Å²) in [6, 6.07) is 14.7. The number of thiazole rings is 1. The topological polar surface area (TPSA) is 71.1 Å². The molecule has 2 aromatic carbocycles. The molecule has 30 heavy (non-hydrogen) atoms. The fourth-order valence-corrected chi connectivity index (χ4v) is 4.88. The normalized spacial score (nSPS) is 12.4. The van der Waals surface area contributed by atoms with Gasteiger partial charge < -0.3 is 5.32 Å². The third kappa shape index (κ3) is 5.80. The maximum absolute atomic E-state index is 12.0. The lowest BCUT2D eigenvalue weighted by Gasteiger charge is -2.19. The molecule has 5 nitrogen and oxygen atoms in total. The van der Waals surface area contributed by atoms with Crippen LogP contribution in [-0.4, -0.2) is 31.2 Å². The van der Waals surface area contributed by atoms with Crippen molar-refractivity contribution in [1.29, 1.82) is 0 Å². The highest BCUT2D eigenvalue weighted by Gasteiger charge is 2.27. The molecule has 0 aliphatic carbocycles. The van der Waals surface area contributed by atoms with Crippen LogP contribution in [0.4, 0.5) is 5.69 Å². The summed E-state index contributed by atoms with van der Waals surface area (Å²) in [5, 5.41) is 4.47. The molecule has 0 bridgehead atoms. The third-order valence-electron chi connectivity index (χ3n) is 4.96. The van der Waals surface area contributed by atoms with Crippen LogP contribution >= 0.6 is 11.3 Å². The van der Waals surface area contributed by atoms with Gasteiger partial charge in [-0.05, 0) is 82.5 Å². The summed E-state index contributed by atoms with van der Waals surface area (Å²) in [5.41, 5.74) is 4.52. The molecule has 0 amide bonds. The summed E-state index contributed by atoms with van der Waals surface area (Å²) in [4.78, 5) is 4.74. The molecule has 0 aliphatic heterocycles. The first-order valence-corrected chi connectivity index (χ1v) is 12.7. The van der Waals surface area contributed by atoms with Crippen LogP contribution in [0.2, 0.25) is 0 Å². The van der Waals surface area contributed by atoms with Gasteiger partial charge in [-0.15, -0.1) is 11.3 Å². The summed E-state index contributed by atoms with van der Waals surface area (Å²) in [6.45, 7) is 8.60. The number of nitrogens with zero attached hydrogens (tertiary/aromatic N) is 1. The zero-order chi connectivity index (χ0) is 21.8. The van der Waals surface area contributed by atoms with Gasteiger partial charge in [0, 0.05) is 24.3 Å². The SMILES string of the molecule is Cc1ccc2nc(-c3ccc(NCCCCCNS(=O)(=O)C(C)(C)C)cc3)sc2c1. The molecule has 3 rings (SSSR count). The number of aromatic nitrogens is 1. The molecule has 2 N–H and O–H groups in total. The summed E-state index contributed by atoms with van der Waals surface area (Å²) < 4.78 is 27.1. The van der Waals surface area contributed by atoms with Crippen molar-refractivity contribution < 1.29 is 8.42 Å². The zero-order valence-corrected chi connectivity index (χ0v) is 19.8. The molecular weight excluding hydrogens is 414 g/mol. The minimum absolute atomic E-state index is 0.496. The van der Waals surface area contributed by atoms with Gasteiger partial charge in [-0.1, -0.05) is 12.5 Å². The Balaban J connectivity index is 1.42. The summed E-state index contributed by atoms with van der Waals surface area (Å²) in [6.07, 6.45) is 2.81. The Morgan fingerprint density at radius 1 is 0.967 bits per heavy atom. The maximum Gasteiger partial charge on any atom is 0.216 e. The molecule has 0 spiro atoms. The summed E-state index contributed by atoms with van der Waals surface area (Å²) >= 11 is 1.72. The molecule has 0 unspecified atom stereocenters. The van der Waals surface area contributed by atoms with Crippen LogP contribution in [0.5, 0.6) is 0 Å². The number of rotatable bonds is 9. The van der Waals surface area contributed by atoms with Gasteiger partial charge in [0.05, 0.1) is 15.0 Å². The molecule has 0 saturated heterocycles. The maximum atomic E-state index is 12.0. The van der Waals surface area contributed by atoms with E-state index in [4.69, 9.17) is 4.98 Å². The first-order chi connectivity index (χ1) is 14.2. The van der Waals surface area contributed by atoms with Gasteiger partial charge in [-0.3, -0.25) is 0 Å². The molecule has 0 atom stereocenters. The lowest BCUT2D eigenvalue weighted by molar-refractivity contribution is 0.540. The predicted molar refractivity (Wildman–Crippen MR) is 129 cm³/mol. The number of hydrogen-bond donors (Lipinski definition) is 2. The number of fused-ring (bicyclic) bond motifs is 1. The Labute approximate surface area is 184 Å². The number of aryl methyl sites for hydroxylation is 1. The van der Waals surface area contributed by atoms with Crippen molar-refractivity contribution in [2.24, 2.45) is 0 Å². The van der Waals surface area contributed by atoms with E-state index < -0.39 is 14.8 Å². The molecule has 0 radical (unpaired) electrons. The van der Waals surface area contributed by atoms with Crippen molar-refractivity contribution in [2.75, 3.05) is 18.4 Å². The van der Waals surface area contributed by atoms with Gasteiger partial charge in [-0.2, -0.15) is 0 Å². The number of benzene rings is 2. The Kier molecular flexibility index (Phi) is 7.16. The lowest BCUT2D eigenvalue weighted by Crippen LogP contribution is -2.39. The van der Waals surface area contributed by atoms with E-state index in [1.54, 1.807) is 32.1 Å². The largest absolute Gasteiger partial charge is 0.385 e. The highest BCUT2D eigenvalue weighted by molar-refractivity contribution is 7.90. The Morgan fingerprint density at radius 3 is 2.37 bits per heavy atom. The molecule has 0 saturated carbocycles. The van der Waals surface area contributed by atoms with Crippen molar-refractivity contribution in [3.63, 3.8) is 0 Å². The second-order valence-corrected chi connectivity index (χ2v) is 12.1. The van der Waals surface area contributed by atoms with E-state index in [0.717, 1.165) is 47.6 Å². The van der Waals surface area contributed by atoms with Crippen LogP contribution in [0.3, 0.4) is 0 Å². The van der Waals surface area contributed by atoms with Crippen LogP contribution < -0.4 is 10.0 Å². The van der Waals surface area contributed by atoms with E-state index in [1.165, 1.54) is 10.3 Å². The molecule has 3 aromatic rings. The van der Waals surface area contributed by atoms with Gasteiger partial charge >= 0.3 is 0 Å². The van der Waals surface area contributed by atoms with Crippen LogP contribution in [-0.2, 0) is 10.0 Å². The Bertz CT molecular complexity index is 1080. The fraction of sp³-hybridized carbons (Fsp3) is 0.435. The van der Waals surface area contributed by atoms with Crippen LogP contribution in [0.25, 0.3) is 20.8 Å². The third-order valence-corrected chi connectivity index (χ3v) is 8.22. The van der Waals surface area contributed by atoms with Crippen molar-refractivity contribution in [2.45, 2.75) is 51.7 Å². The van der Waals surface area contributed by atoms with Crippen molar-refractivity contribution >= 4 is 37.3 Å². The molecule has 7 heteroatoms. The molecular formula is C23H31N3O2S2. The number of nitrogens with one attached hydrogen (secondary N) is 2.